The van der Waals surface area contributed by atoms with E-state index < -0.39 is 5.97 Å². The van der Waals surface area contributed by atoms with E-state index in [2.05, 4.69) is 4.98 Å². The quantitative estimate of drug-likeness (QED) is 0.498. The van der Waals surface area contributed by atoms with E-state index in [-0.39, 0.29) is 5.78 Å². The van der Waals surface area contributed by atoms with Crippen LogP contribution in [0.4, 0.5) is 0 Å². The lowest BCUT2D eigenvalue weighted by atomic mass is 9.94. The maximum Gasteiger partial charge on any atom is 0.354 e. The van der Waals surface area contributed by atoms with Crippen LogP contribution in [0.1, 0.15) is 33.3 Å². The van der Waals surface area contributed by atoms with Crippen LogP contribution in [0.15, 0.2) is 36.5 Å². The zero-order valence-electron chi connectivity index (χ0n) is 11.6. The van der Waals surface area contributed by atoms with Gasteiger partial charge in [-0.25, -0.2) is 4.79 Å². The second-order valence-corrected chi connectivity index (χ2v) is 4.61. The molecule has 4 nitrogen and oxygen atoms in total. The highest BCUT2D eigenvalue weighted by molar-refractivity contribution is 6.32. The predicted octanol–water partition coefficient (Wildman–Crippen LogP) is 0.875. The zero-order chi connectivity index (χ0) is 14.5. The number of aromatic amines is 1. The molecule has 1 aromatic carbocycles. The summed E-state index contributed by atoms with van der Waals surface area (Å²) in [5, 5.41) is 0. The van der Waals surface area contributed by atoms with E-state index in [0.29, 0.717) is 24.3 Å². The topological polar surface area (TPSA) is 59.2 Å². The van der Waals surface area contributed by atoms with E-state index in [1.54, 1.807) is 13.1 Å². The van der Waals surface area contributed by atoms with Crippen molar-refractivity contribution >= 4 is 25.1 Å². The molecule has 0 bridgehead atoms. The van der Waals surface area contributed by atoms with E-state index in [9.17, 15) is 9.59 Å². The Morgan fingerprint density at radius 1 is 1.25 bits per heavy atom. The van der Waals surface area contributed by atoms with Crippen molar-refractivity contribution in [3.05, 3.63) is 53.3 Å². The number of ketones is 1. The normalized spacial score (nSPS) is 10.2. The lowest BCUT2D eigenvalue weighted by Gasteiger charge is -2.00. The first-order valence-corrected chi connectivity index (χ1v) is 6.54. The largest absolute Gasteiger partial charge is 0.461 e. The number of carbonyl (C=O) groups is 2. The van der Waals surface area contributed by atoms with Gasteiger partial charge in [0.1, 0.15) is 13.5 Å². The Labute approximate surface area is 118 Å². The molecule has 0 atom stereocenters. The van der Waals surface area contributed by atoms with Gasteiger partial charge in [-0.2, -0.15) is 0 Å². The number of ether oxygens (including phenoxy) is 1. The molecule has 1 heterocycles. The van der Waals surface area contributed by atoms with Gasteiger partial charge in [-0.05, 0) is 18.6 Å². The molecule has 5 heteroatoms. The van der Waals surface area contributed by atoms with Gasteiger partial charge < -0.3 is 9.72 Å². The van der Waals surface area contributed by atoms with Crippen molar-refractivity contribution in [2.75, 3.05) is 6.61 Å². The minimum Gasteiger partial charge on any atom is -0.461 e. The number of hydrogen-bond acceptors (Lipinski definition) is 3. The van der Waals surface area contributed by atoms with Crippen molar-refractivity contribution < 1.29 is 14.3 Å². The van der Waals surface area contributed by atoms with Gasteiger partial charge in [0.15, 0.2) is 5.78 Å². The number of carbonyl (C=O) groups excluding carboxylic acids is 2. The number of esters is 1. The van der Waals surface area contributed by atoms with Gasteiger partial charge in [0, 0.05) is 18.2 Å². The van der Waals surface area contributed by atoms with E-state index >= 15 is 0 Å². The fourth-order valence-corrected chi connectivity index (χ4v) is 1.88. The monoisotopic (exact) mass is 269 g/mol. The first-order chi connectivity index (χ1) is 9.60. The highest BCUT2D eigenvalue weighted by Crippen LogP contribution is 2.10. The summed E-state index contributed by atoms with van der Waals surface area (Å²) in [7, 11) is 2.00. The highest BCUT2D eigenvalue weighted by Gasteiger charge is 2.14. The average molecular weight is 269 g/mol. The zero-order valence-corrected chi connectivity index (χ0v) is 11.6. The van der Waals surface area contributed by atoms with Crippen LogP contribution in [-0.2, 0) is 11.2 Å². The Hall–Kier alpha value is -2.30. The second kappa shape index (κ2) is 6.24. The molecule has 1 aromatic heterocycles. The van der Waals surface area contributed by atoms with Gasteiger partial charge in [0.05, 0.1) is 6.61 Å². The van der Waals surface area contributed by atoms with Crippen molar-refractivity contribution in [3.63, 3.8) is 0 Å². The predicted molar refractivity (Wildman–Crippen MR) is 79.4 cm³/mol. The first kappa shape index (κ1) is 14.1. The molecule has 2 aromatic rings. The summed E-state index contributed by atoms with van der Waals surface area (Å²) in [4.78, 5) is 26.4. The van der Waals surface area contributed by atoms with Gasteiger partial charge in [-0.15, -0.1) is 0 Å². The van der Waals surface area contributed by atoms with E-state index in [4.69, 9.17) is 4.74 Å². The summed E-state index contributed by atoms with van der Waals surface area (Å²) >= 11 is 0. The molecule has 0 spiro atoms. The van der Waals surface area contributed by atoms with Crippen LogP contribution in [-0.4, -0.2) is 31.2 Å². The summed E-state index contributed by atoms with van der Waals surface area (Å²) in [6.07, 6.45) is 1.86. The van der Waals surface area contributed by atoms with Crippen LogP contribution in [0, 0.1) is 0 Å². The molecule has 0 fully saturated rings. The van der Waals surface area contributed by atoms with Crippen LogP contribution in [0.25, 0.3) is 0 Å². The number of aromatic nitrogens is 1. The summed E-state index contributed by atoms with van der Waals surface area (Å²) in [5.41, 5.74) is 2.92. The molecular formula is C15H16BNO3. The van der Waals surface area contributed by atoms with Crippen molar-refractivity contribution in [3.8, 4) is 0 Å². The Morgan fingerprint density at radius 2 is 1.95 bits per heavy atom. The lowest BCUT2D eigenvalue weighted by molar-refractivity contribution is 0.0520. The lowest BCUT2D eigenvalue weighted by Crippen LogP contribution is -2.06. The number of hydrogen-bond donors (Lipinski definition) is 1. The maximum absolute atomic E-state index is 12.1. The molecule has 2 rings (SSSR count). The maximum atomic E-state index is 12.1. The molecule has 0 saturated heterocycles. The summed E-state index contributed by atoms with van der Waals surface area (Å²) in [6, 6.07) is 9.36. The third-order valence-electron chi connectivity index (χ3n) is 2.99. The van der Waals surface area contributed by atoms with Crippen molar-refractivity contribution in [2.24, 2.45) is 0 Å². The molecule has 0 saturated carbocycles. The molecule has 0 unspecified atom stereocenters. The summed E-state index contributed by atoms with van der Waals surface area (Å²) in [6.45, 7) is 2.05. The molecule has 20 heavy (non-hydrogen) atoms. The van der Waals surface area contributed by atoms with E-state index in [1.807, 2.05) is 32.1 Å². The SMILES string of the molecule is Bc1ccc(CC(=O)c2c[nH]c(C(=O)OCC)c2)cc1. The molecule has 0 aliphatic rings. The first-order valence-electron chi connectivity index (χ1n) is 6.54. The van der Waals surface area contributed by atoms with Crippen LogP contribution in [0.2, 0.25) is 0 Å². The average Bonchev–Trinajstić information content (AvgIpc) is 2.91. The van der Waals surface area contributed by atoms with E-state index in [0.717, 1.165) is 11.0 Å². The molecule has 0 radical (unpaired) electrons. The van der Waals surface area contributed by atoms with Crippen LogP contribution < -0.4 is 5.46 Å². The van der Waals surface area contributed by atoms with Gasteiger partial charge in [0.25, 0.3) is 0 Å². The number of rotatable bonds is 5. The van der Waals surface area contributed by atoms with Gasteiger partial charge in [-0.1, -0.05) is 29.7 Å². The Balaban J connectivity index is 2.06. The number of Topliss-reactive ketones (excluding diaryl/α,β-unsaturated/α-hetero) is 1. The molecule has 1 N–H and O–H groups in total. The van der Waals surface area contributed by atoms with Gasteiger partial charge in [-0.3, -0.25) is 4.79 Å². The van der Waals surface area contributed by atoms with Gasteiger partial charge >= 0.3 is 5.97 Å². The van der Waals surface area contributed by atoms with Crippen molar-refractivity contribution in [2.45, 2.75) is 13.3 Å². The second-order valence-electron chi connectivity index (χ2n) is 4.61. The van der Waals surface area contributed by atoms with Gasteiger partial charge in [0.2, 0.25) is 0 Å². The highest BCUT2D eigenvalue weighted by atomic mass is 16.5. The van der Waals surface area contributed by atoms with Crippen LogP contribution in [0.5, 0.6) is 0 Å². The molecular weight excluding hydrogens is 253 g/mol. The van der Waals surface area contributed by atoms with Crippen molar-refractivity contribution in [1.82, 2.24) is 4.98 Å². The van der Waals surface area contributed by atoms with E-state index in [1.165, 1.54) is 6.07 Å². The van der Waals surface area contributed by atoms with Crippen LogP contribution in [0.3, 0.4) is 0 Å². The molecule has 0 amide bonds. The third kappa shape index (κ3) is 3.38. The van der Waals surface area contributed by atoms with Crippen molar-refractivity contribution in [1.29, 1.82) is 0 Å². The minimum absolute atomic E-state index is 0.0272. The number of H-pyrrole nitrogens is 1. The fraction of sp³-hybridized carbons (Fsp3) is 0.200. The Morgan fingerprint density at radius 3 is 2.60 bits per heavy atom. The molecule has 0 aliphatic carbocycles. The fourth-order valence-electron chi connectivity index (χ4n) is 1.88. The summed E-state index contributed by atoms with van der Waals surface area (Å²) in [5.74, 6) is -0.470. The number of nitrogens with one attached hydrogen (secondary N) is 1. The Bertz CT molecular complexity index is 616. The summed E-state index contributed by atoms with van der Waals surface area (Å²) < 4.78 is 4.87. The minimum atomic E-state index is -0.443. The molecule has 102 valence electrons. The third-order valence-corrected chi connectivity index (χ3v) is 2.99. The number of benzene rings is 1. The van der Waals surface area contributed by atoms with Crippen LogP contribution >= 0.6 is 0 Å². The standard InChI is InChI=1S/C15H16BNO3/c1-2-20-15(19)13-8-11(9-17-13)14(18)7-10-3-5-12(16)6-4-10/h3-6,8-9,17H,2,7,16H2,1H3. The smallest absolute Gasteiger partial charge is 0.354 e. The Kier molecular flexibility index (Phi) is 4.40. The molecule has 0 aliphatic heterocycles.